The summed E-state index contributed by atoms with van der Waals surface area (Å²) in [6.07, 6.45) is 7.52. The summed E-state index contributed by atoms with van der Waals surface area (Å²) in [6.45, 7) is 7.43. The lowest BCUT2D eigenvalue weighted by molar-refractivity contribution is 0.116. The number of dihydropyridines is 1. The number of hydrogen-bond acceptors (Lipinski definition) is 4. The van der Waals surface area contributed by atoms with E-state index in [2.05, 4.69) is 35.2 Å². The van der Waals surface area contributed by atoms with E-state index >= 15 is 0 Å². The number of allylic oxidation sites excluding steroid dienone is 1. The fourth-order valence-corrected chi connectivity index (χ4v) is 2.12. The third-order valence-corrected chi connectivity index (χ3v) is 3.24. The van der Waals surface area contributed by atoms with Crippen molar-refractivity contribution in [1.29, 1.82) is 0 Å². The van der Waals surface area contributed by atoms with Gasteiger partial charge >= 0.3 is 0 Å². The molecule has 4 heteroatoms. The van der Waals surface area contributed by atoms with E-state index in [1.807, 2.05) is 12.3 Å². The molecule has 1 unspecified atom stereocenters. The molecule has 0 aromatic carbocycles. The highest BCUT2D eigenvalue weighted by Crippen LogP contribution is 2.12. The Balaban J connectivity index is 1.88. The van der Waals surface area contributed by atoms with Gasteiger partial charge in [0.1, 0.15) is 11.9 Å². The van der Waals surface area contributed by atoms with Crippen LogP contribution in [0.1, 0.15) is 13.3 Å². The standard InChI is InChI=1S/C13H23N3O/c1-3-10-17-12-4-5-14-13(11-12)16-8-6-15(2)7-9-16/h4-5,11,13-14H,3,6-10H2,1-2H3. The van der Waals surface area contributed by atoms with Crippen molar-refractivity contribution in [3.63, 3.8) is 0 Å². The zero-order valence-corrected chi connectivity index (χ0v) is 10.9. The summed E-state index contributed by atoms with van der Waals surface area (Å²) in [7, 11) is 2.18. The number of nitrogens with one attached hydrogen (secondary N) is 1. The van der Waals surface area contributed by atoms with Crippen molar-refractivity contribution in [3.8, 4) is 0 Å². The average molecular weight is 237 g/mol. The van der Waals surface area contributed by atoms with Gasteiger partial charge in [-0.1, -0.05) is 6.92 Å². The van der Waals surface area contributed by atoms with Gasteiger partial charge in [-0.15, -0.1) is 0 Å². The maximum atomic E-state index is 5.67. The molecule has 1 N–H and O–H groups in total. The Labute approximate surface area is 104 Å². The molecule has 2 heterocycles. The Hall–Kier alpha value is -1.00. The van der Waals surface area contributed by atoms with Crippen LogP contribution in [-0.4, -0.2) is 55.8 Å². The van der Waals surface area contributed by atoms with Crippen molar-refractivity contribution in [2.24, 2.45) is 0 Å². The molecule has 1 saturated heterocycles. The van der Waals surface area contributed by atoms with Crippen LogP contribution in [0.25, 0.3) is 0 Å². The highest BCUT2D eigenvalue weighted by molar-refractivity contribution is 5.19. The second-order valence-corrected chi connectivity index (χ2v) is 4.70. The lowest BCUT2D eigenvalue weighted by atomic mass is 10.2. The monoisotopic (exact) mass is 237 g/mol. The maximum absolute atomic E-state index is 5.67. The Morgan fingerprint density at radius 2 is 2.12 bits per heavy atom. The zero-order valence-electron chi connectivity index (χ0n) is 10.9. The number of likely N-dealkylation sites (N-methyl/N-ethyl adjacent to an activating group) is 1. The van der Waals surface area contributed by atoms with E-state index < -0.39 is 0 Å². The number of piperazine rings is 1. The SMILES string of the molecule is CCCOC1=CC(N2CCN(C)CC2)NC=C1. The van der Waals surface area contributed by atoms with Gasteiger partial charge in [0.05, 0.1) is 6.61 Å². The highest BCUT2D eigenvalue weighted by atomic mass is 16.5. The number of nitrogens with zero attached hydrogens (tertiary/aromatic N) is 2. The molecule has 1 atom stereocenters. The van der Waals surface area contributed by atoms with Crippen molar-refractivity contribution in [3.05, 3.63) is 24.1 Å². The lowest BCUT2D eigenvalue weighted by Gasteiger charge is -2.37. The second-order valence-electron chi connectivity index (χ2n) is 4.70. The number of rotatable bonds is 4. The molecule has 0 bridgehead atoms. The summed E-state index contributed by atoms with van der Waals surface area (Å²) in [5.74, 6) is 0.995. The van der Waals surface area contributed by atoms with Crippen LogP contribution in [0.3, 0.4) is 0 Å². The van der Waals surface area contributed by atoms with Crippen LogP contribution in [0.4, 0.5) is 0 Å². The van der Waals surface area contributed by atoms with Crippen molar-refractivity contribution in [1.82, 2.24) is 15.1 Å². The van der Waals surface area contributed by atoms with Gasteiger partial charge in [0.25, 0.3) is 0 Å². The molecule has 0 spiro atoms. The van der Waals surface area contributed by atoms with Crippen LogP contribution in [0.5, 0.6) is 0 Å². The molecule has 0 amide bonds. The van der Waals surface area contributed by atoms with Gasteiger partial charge in [0, 0.05) is 32.4 Å². The molecule has 2 aliphatic heterocycles. The van der Waals surface area contributed by atoms with E-state index in [9.17, 15) is 0 Å². The Morgan fingerprint density at radius 1 is 1.35 bits per heavy atom. The maximum Gasteiger partial charge on any atom is 0.120 e. The van der Waals surface area contributed by atoms with Crippen LogP contribution >= 0.6 is 0 Å². The van der Waals surface area contributed by atoms with Gasteiger partial charge < -0.3 is 15.0 Å². The van der Waals surface area contributed by atoms with Crippen LogP contribution < -0.4 is 5.32 Å². The van der Waals surface area contributed by atoms with Gasteiger partial charge in [0.2, 0.25) is 0 Å². The number of hydrogen-bond donors (Lipinski definition) is 1. The molecule has 0 radical (unpaired) electrons. The van der Waals surface area contributed by atoms with Gasteiger partial charge in [-0.25, -0.2) is 0 Å². The molecule has 1 fully saturated rings. The van der Waals surface area contributed by atoms with Crippen molar-refractivity contribution >= 4 is 0 Å². The molecule has 0 aromatic heterocycles. The molecule has 0 aliphatic carbocycles. The highest BCUT2D eigenvalue weighted by Gasteiger charge is 2.21. The smallest absolute Gasteiger partial charge is 0.120 e. The summed E-state index contributed by atoms with van der Waals surface area (Å²) < 4.78 is 5.67. The summed E-state index contributed by atoms with van der Waals surface area (Å²) in [5.41, 5.74) is 0. The molecule has 96 valence electrons. The molecule has 4 nitrogen and oxygen atoms in total. The van der Waals surface area contributed by atoms with E-state index in [1.165, 1.54) is 0 Å². The largest absolute Gasteiger partial charge is 0.494 e. The molecular weight excluding hydrogens is 214 g/mol. The summed E-state index contributed by atoms with van der Waals surface area (Å²) in [5, 5.41) is 3.38. The lowest BCUT2D eigenvalue weighted by Crippen LogP contribution is -2.52. The molecule has 17 heavy (non-hydrogen) atoms. The first-order valence-electron chi connectivity index (χ1n) is 6.49. The molecule has 2 aliphatic rings. The normalized spacial score (nSPS) is 26.5. The van der Waals surface area contributed by atoms with E-state index in [1.54, 1.807) is 0 Å². The van der Waals surface area contributed by atoms with E-state index in [0.29, 0.717) is 6.17 Å². The fourth-order valence-electron chi connectivity index (χ4n) is 2.12. The van der Waals surface area contributed by atoms with Crippen LogP contribution in [0.2, 0.25) is 0 Å². The Bertz CT molecular complexity index is 293. The van der Waals surface area contributed by atoms with E-state index in [4.69, 9.17) is 4.74 Å². The predicted octanol–water partition coefficient (Wildman–Crippen LogP) is 0.987. The van der Waals surface area contributed by atoms with Crippen molar-refractivity contribution in [2.75, 3.05) is 39.8 Å². The van der Waals surface area contributed by atoms with Crippen molar-refractivity contribution < 1.29 is 4.74 Å². The predicted molar refractivity (Wildman–Crippen MR) is 69.5 cm³/mol. The van der Waals surface area contributed by atoms with Gasteiger partial charge in [0.15, 0.2) is 0 Å². The molecule has 0 aromatic rings. The summed E-state index contributed by atoms with van der Waals surface area (Å²) in [6, 6.07) is 0. The average Bonchev–Trinajstić information content (AvgIpc) is 2.37. The van der Waals surface area contributed by atoms with Gasteiger partial charge in [-0.2, -0.15) is 0 Å². The Kier molecular flexibility index (Phi) is 4.45. The van der Waals surface area contributed by atoms with Gasteiger partial charge in [-0.05, 0) is 25.6 Å². The third-order valence-electron chi connectivity index (χ3n) is 3.24. The zero-order chi connectivity index (χ0) is 12.1. The summed E-state index contributed by atoms with van der Waals surface area (Å²) >= 11 is 0. The Morgan fingerprint density at radius 3 is 2.82 bits per heavy atom. The van der Waals surface area contributed by atoms with Crippen LogP contribution in [0, 0.1) is 0 Å². The summed E-state index contributed by atoms with van der Waals surface area (Å²) in [4.78, 5) is 4.83. The minimum Gasteiger partial charge on any atom is -0.494 e. The van der Waals surface area contributed by atoms with Gasteiger partial charge in [-0.3, -0.25) is 4.90 Å². The molecular formula is C13H23N3O. The van der Waals surface area contributed by atoms with Crippen LogP contribution in [-0.2, 0) is 4.74 Å². The second kappa shape index (κ2) is 6.07. The minimum absolute atomic E-state index is 0.292. The van der Waals surface area contributed by atoms with E-state index in [-0.39, 0.29) is 0 Å². The first-order chi connectivity index (χ1) is 8.29. The van der Waals surface area contributed by atoms with Crippen molar-refractivity contribution in [2.45, 2.75) is 19.5 Å². The quantitative estimate of drug-likeness (QED) is 0.789. The third kappa shape index (κ3) is 3.48. The van der Waals surface area contributed by atoms with Crippen LogP contribution in [0.15, 0.2) is 24.1 Å². The number of ether oxygens (including phenoxy) is 1. The molecule has 2 rings (SSSR count). The topological polar surface area (TPSA) is 27.7 Å². The fraction of sp³-hybridized carbons (Fsp3) is 0.692. The molecule has 0 saturated carbocycles. The minimum atomic E-state index is 0.292. The first-order valence-corrected chi connectivity index (χ1v) is 6.49. The van der Waals surface area contributed by atoms with E-state index in [0.717, 1.165) is 45.0 Å². The first kappa shape index (κ1) is 12.5.